The van der Waals surface area contributed by atoms with Gasteiger partial charge in [0, 0.05) is 24.4 Å². The molecular weight excluding hydrogens is 337 g/mol. The molecule has 2 aromatic rings. The first-order chi connectivity index (χ1) is 11.8. The lowest BCUT2D eigenvalue weighted by Gasteiger charge is -2.17. The number of ether oxygens (including phenoxy) is 1. The van der Waals surface area contributed by atoms with Crippen LogP contribution in [0.2, 0.25) is 0 Å². The predicted octanol–water partition coefficient (Wildman–Crippen LogP) is 2.61. The smallest absolute Gasteiger partial charge is 0.416 e. The van der Waals surface area contributed by atoms with Gasteiger partial charge in [0.2, 0.25) is 0 Å². The van der Waals surface area contributed by atoms with Crippen LogP contribution in [0.5, 0.6) is 0 Å². The van der Waals surface area contributed by atoms with Crippen LogP contribution in [0.15, 0.2) is 48.8 Å². The van der Waals surface area contributed by atoms with Crippen LogP contribution in [0.4, 0.5) is 13.2 Å². The van der Waals surface area contributed by atoms with Gasteiger partial charge < -0.3 is 10.1 Å². The van der Waals surface area contributed by atoms with Crippen molar-refractivity contribution in [1.29, 1.82) is 0 Å². The molecule has 1 amide bonds. The molecule has 1 N–H and O–H groups in total. The lowest BCUT2D eigenvalue weighted by molar-refractivity contribution is -0.143. The lowest BCUT2D eigenvalue weighted by Crippen LogP contribution is -2.43. The maximum Gasteiger partial charge on any atom is 0.416 e. The molecule has 0 unspecified atom stereocenters. The van der Waals surface area contributed by atoms with Gasteiger partial charge in [0.25, 0.3) is 5.91 Å². The summed E-state index contributed by atoms with van der Waals surface area (Å²) in [6.07, 6.45) is -1.58. The van der Waals surface area contributed by atoms with E-state index in [1.54, 1.807) is 0 Å². The van der Waals surface area contributed by atoms with Crippen molar-refractivity contribution in [2.24, 2.45) is 0 Å². The molecule has 1 atom stereocenters. The molecule has 0 aliphatic carbocycles. The highest BCUT2D eigenvalue weighted by molar-refractivity contribution is 5.96. The molecule has 0 saturated heterocycles. The number of methoxy groups -OCH3 is 1. The van der Waals surface area contributed by atoms with Crippen molar-refractivity contribution in [2.75, 3.05) is 7.11 Å². The Morgan fingerprint density at radius 2 is 1.72 bits per heavy atom. The number of benzene rings is 1. The number of hydrogen-bond donors (Lipinski definition) is 1. The zero-order valence-corrected chi connectivity index (χ0v) is 13.2. The number of pyridine rings is 1. The minimum absolute atomic E-state index is 0.00162. The van der Waals surface area contributed by atoms with Gasteiger partial charge in [-0.15, -0.1) is 0 Å². The van der Waals surface area contributed by atoms with Gasteiger partial charge in [-0.25, -0.2) is 4.79 Å². The molecule has 1 aromatic heterocycles. The Morgan fingerprint density at radius 1 is 1.12 bits per heavy atom. The molecule has 0 radical (unpaired) electrons. The van der Waals surface area contributed by atoms with Gasteiger partial charge in [-0.05, 0) is 29.8 Å². The number of carbonyl (C=O) groups excluding carboxylic acids is 2. The van der Waals surface area contributed by atoms with E-state index in [0.29, 0.717) is 11.1 Å². The lowest BCUT2D eigenvalue weighted by atomic mass is 10.0. The summed E-state index contributed by atoms with van der Waals surface area (Å²) in [4.78, 5) is 27.8. The van der Waals surface area contributed by atoms with Gasteiger partial charge in [0.15, 0.2) is 0 Å². The first-order valence-electron chi connectivity index (χ1n) is 7.26. The molecule has 25 heavy (non-hydrogen) atoms. The van der Waals surface area contributed by atoms with Crippen LogP contribution in [0, 0.1) is 0 Å². The van der Waals surface area contributed by atoms with Crippen molar-refractivity contribution in [2.45, 2.75) is 18.6 Å². The fourth-order valence-corrected chi connectivity index (χ4v) is 2.15. The third-order valence-corrected chi connectivity index (χ3v) is 3.45. The Labute approximate surface area is 141 Å². The third kappa shape index (κ3) is 5.03. The normalized spacial score (nSPS) is 12.3. The second-order valence-corrected chi connectivity index (χ2v) is 5.18. The number of rotatable bonds is 5. The largest absolute Gasteiger partial charge is 0.467 e. The van der Waals surface area contributed by atoms with E-state index in [1.165, 1.54) is 43.8 Å². The van der Waals surface area contributed by atoms with Crippen LogP contribution in [-0.4, -0.2) is 30.0 Å². The van der Waals surface area contributed by atoms with E-state index < -0.39 is 29.7 Å². The van der Waals surface area contributed by atoms with Crippen LogP contribution in [0.25, 0.3) is 0 Å². The Balaban J connectivity index is 2.13. The molecule has 0 aliphatic rings. The summed E-state index contributed by atoms with van der Waals surface area (Å²) in [6, 6.07) is 6.29. The summed E-state index contributed by atoms with van der Waals surface area (Å²) in [5.74, 6) is -1.20. The highest BCUT2D eigenvalue weighted by Gasteiger charge is 2.30. The average Bonchev–Trinajstić information content (AvgIpc) is 2.60. The minimum atomic E-state index is -4.43. The van der Waals surface area contributed by atoms with Crippen molar-refractivity contribution >= 4 is 11.9 Å². The molecule has 2 rings (SSSR count). The number of amides is 1. The van der Waals surface area contributed by atoms with Crippen LogP contribution in [-0.2, 0) is 22.1 Å². The molecule has 1 heterocycles. The first kappa shape index (κ1) is 18.4. The van der Waals surface area contributed by atoms with E-state index in [0.717, 1.165) is 12.1 Å². The number of nitrogens with one attached hydrogen (secondary N) is 1. The summed E-state index contributed by atoms with van der Waals surface area (Å²) in [5, 5.41) is 2.51. The summed E-state index contributed by atoms with van der Waals surface area (Å²) in [6.45, 7) is 0. The fraction of sp³-hybridized carbons (Fsp3) is 0.235. The molecule has 132 valence electrons. The van der Waals surface area contributed by atoms with Gasteiger partial charge in [-0.1, -0.05) is 12.1 Å². The van der Waals surface area contributed by atoms with Crippen LogP contribution in [0.1, 0.15) is 21.5 Å². The summed E-state index contributed by atoms with van der Waals surface area (Å²) in [7, 11) is 1.17. The molecule has 1 aromatic carbocycles. The number of esters is 1. The van der Waals surface area contributed by atoms with Crippen molar-refractivity contribution in [1.82, 2.24) is 10.3 Å². The Kier molecular flexibility index (Phi) is 5.74. The molecular formula is C17H15F3N2O3. The number of nitrogens with zero attached hydrogens (tertiary/aromatic N) is 1. The molecule has 8 heteroatoms. The summed E-state index contributed by atoms with van der Waals surface area (Å²) < 4.78 is 42.4. The first-order valence-corrected chi connectivity index (χ1v) is 7.26. The van der Waals surface area contributed by atoms with Crippen molar-refractivity contribution in [3.8, 4) is 0 Å². The Bertz CT molecular complexity index is 731. The maximum absolute atomic E-state index is 12.6. The topological polar surface area (TPSA) is 68.3 Å². The van der Waals surface area contributed by atoms with Crippen LogP contribution < -0.4 is 5.32 Å². The quantitative estimate of drug-likeness (QED) is 0.840. The SMILES string of the molecule is COC(=O)[C@H](Cc1ccc(C(F)(F)F)cc1)NC(=O)c1ccncc1. The molecule has 0 spiro atoms. The fourth-order valence-electron chi connectivity index (χ4n) is 2.15. The van der Waals surface area contributed by atoms with Gasteiger partial charge >= 0.3 is 12.1 Å². The summed E-state index contributed by atoms with van der Waals surface area (Å²) >= 11 is 0. The van der Waals surface area contributed by atoms with Crippen LogP contribution >= 0.6 is 0 Å². The second-order valence-electron chi connectivity index (χ2n) is 5.18. The molecule has 0 fully saturated rings. The van der Waals surface area contributed by atoms with E-state index in [9.17, 15) is 22.8 Å². The molecule has 0 aliphatic heterocycles. The predicted molar refractivity (Wildman–Crippen MR) is 82.7 cm³/mol. The minimum Gasteiger partial charge on any atom is -0.467 e. The molecule has 5 nitrogen and oxygen atoms in total. The van der Waals surface area contributed by atoms with Crippen molar-refractivity contribution < 1.29 is 27.5 Å². The monoisotopic (exact) mass is 352 g/mol. The number of carbonyl (C=O) groups is 2. The van der Waals surface area contributed by atoms with E-state index in [2.05, 4.69) is 15.0 Å². The van der Waals surface area contributed by atoms with E-state index >= 15 is 0 Å². The highest BCUT2D eigenvalue weighted by atomic mass is 19.4. The zero-order chi connectivity index (χ0) is 18.4. The molecule has 0 saturated carbocycles. The summed E-state index contributed by atoms with van der Waals surface area (Å²) in [5.41, 5.74) is -0.0264. The number of hydrogen-bond acceptors (Lipinski definition) is 4. The van der Waals surface area contributed by atoms with Crippen molar-refractivity contribution in [3.05, 3.63) is 65.5 Å². The number of alkyl halides is 3. The van der Waals surface area contributed by atoms with Gasteiger partial charge in [-0.2, -0.15) is 13.2 Å². The Hall–Kier alpha value is -2.90. The van der Waals surface area contributed by atoms with E-state index in [-0.39, 0.29) is 6.42 Å². The van der Waals surface area contributed by atoms with E-state index in [4.69, 9.17) is 0 Å². The van der Waals surface area contributed by atoms with E-state index in [1.807, 2.05) is 0 Å². The second kappa shape index (κ2) is 7.78. The maximum atomic E-state index is 12.6. The van der Waals surface area contributed by atoms with Gasteiger partial charge in [0.05, 0.1) is 12.7 Å². The molecule has 0 bridgehead atoms. The number of aromatic nitrogens is 1. The zero-order valence-electron chi connectivity index (χ0n) is 13.2. The standard InChI is InChI=1S/C17H15F3N2O3/c1-25-16(24)14(22-15(23)12-6-8-21-9-7-12)10-11-2-4-13(5-3-11)17(18,19)20/h2-9,14H,10H2,1H3,(H,22,23)/t14-/m0/s1. The van der Waals surface area contributed by atoms with Gasteiger partial charge in [-0.3, -0.25) is 9.78 Å². The number of halogens is 3. The van der Waals surface area contributed by atoms with Crippen LogP contribution in [0.3, 0.4) is 0 Å². The third-order valence-electron chi connectivity index (χ3n) is 3.45. The Morgan fingerprint density at radius 3 is 2.24 bits per heavy atom. The highest BCUT2D eigenvalue weighted by Crippen LogP contribution is 2.29. The van der Waals surface area contributed by atoms with Gasteiger partial charge in [0.1, 0.15) is 6.04 Å². The average molecular weight is 352 g/mol. The van der Waals surface area contributed by atoms with Crippen molar-refractivity contribution in [3.63, 3.8) is 0 Å².